The van der Waals surface area contributed by atoms with Crippen LogP contribution in [0.3, 0.4) is 0 Å². The zero-order valence-electron chi connectivity index (χ0n) is 19.8. The average Bonchev–Trinajstić information content (AvgIpc) is 3.15. The number of aryl methyl sites for hydroxylation is 1. The summed E-state index contributed by atoms with van der Waals surface area (Å²) in [6.45, 7) is 0.353. The van der Waals surface area contributed by atoms with E-state index < -0.39 is 18.4 Å². The van der Waals surface area contributed by atoms with Gasteiger partial charge in [0.05, 0.1) is 11.5 Å². The molecular formula is C28H24ClNO5S2. The molecule has 0 atom stereocenters. The summed E-state index contributed by atoms with van der Waals surface area (Å²) in [5, 5.41) is 9.72. The maximum absolute atomic E-state index is 12.7. The highest BCUT2D eigenvalue weighted by atomic mass is 35.5. The Bertz CT molecular complexity index is 1310. The van der Waals surface area contributed by atoms with Gasteiger partial charge < -0.3 is 14.6 Å². The molecule has 0 bridgehead atoms. The molecule has 1 fully saturated rings. The first kappa shape index (κ1) is 26.7. The lowest BCUT2D eigenvalue weighted by Gasteiger charge is -2.13. The molecule has 3 aromatic rings. The van der Waals surface area contributed by atoms with Crippen LogP contribution in [0.15, 0.2) is 77.7 Å². The molecular weight excluding hydrogens is 530 g/mol. The van der Waals surface area contributed by atoms with Gasteiger partial charge >= 0.3 is 5.97 Å². The van der Waals surface area contributed by atoms with Crippen molar-refractivity contribution < 1.29 is 24.2 Å². The molecule has 0 saturated carbocycles. The summed E-state index contributed by atoms with van der Waals surface area (Å²) >= 11 is 12.3. The Morgan fingerprint density at radius 2 is 1.78 bits per heavy atom. The van der Waals surface area contributed by atoms with Crippen molar-refractivity contribution >= 4 is 57.9 Å². The highest BCUT2D eigenvalue weighted by Crippen LogP contribution is 2.35. The number of thioether (sulfide) groups is 1. The Morgan fingerprint density at radius 1 is 1.03 bits per heavy atom. The lowest BCUT2D eigenvalue weighted by molar-refractivity contribution is -0.140. The molecule has 1 heterocycles. The second-order valence-corrected chi connectivity index (χ2v) is 10.3. The molecule has 3 aromatic carbocycles. The van der Waals surface area contributed by atoms with Crippen LogP contribution in [0.25, 0.3) is 6.08 Å². The van der Waals surface area contributed by atoms with Gasteiger partial charge in [-0.05, 0) is 54.3 Å². The van der Waals surface area contributed by atoms with Crippen LogP contribution in [-0.2, 0) is 22.6 Å². The van der Waals surface area contributed by atoms with Gasteiger partial charge in [0, 0.05) is 16.7 Å². The van der Waals surface area contributed by atoms with Crippen molar-refractivity contribution in [3.63, 3.8) is 0 Å². The van der Waals surface area contributed by atoms with Crippen molar-refractivity contribution in [3.05, 3.63) is 99.4 Å². The predicted octanol–water partition coefficient (Wildman–Crippen LogP) is 6.22. The van der Waals surface area contributed by atoms with Gasteiger partial charge in [-0.25, -0.2) is 0 Å². The van der Waals surface area contributed by atoms with E-state index >= 15 is 0 Å². The highest BCUT2D eigenvalue weighted by Gasteiger charge is 2.33. The van der Waals surface area contributed by atoms with E-state index in [1.165, 1.54) is 5.56 Å². The molecule has 4 rings (SSSR count). The summed E-state index contributed by atoms with van der Waals surface area (Å²) in [5.41, 5.74) is 2.84. The fourth-order valence-corrected chi connectivity index (χ4v) is 4.99. The Kier molecular flexibility index (Phi) is 9.22. The van der Waals surface area contributed by atoms with E-state index in [4.69, 9.17) is 38.4 Å². The lowest BCUT2D eigenvalue weighted by atomic mass is 10.1. The molecule has 9 heteroatoms. The maximum Gasteiger partial charge on any atom is 0.323 e. The molecule has 1 aliphatic rings. The highest BCUT2D eigenvalue weighted by molar-refractivity contribution is 8.26. The molecule has 1 saturated heterocycles. The number of hydrogen-bond acceptors (Lipinski definition) is 6. The summed E-state index contributed by atoms with van der Waals surface area (Å²) in [7, 11) is 0. The van der Waals surface area contributed by atoms with Gasteiger partial charge in [-0.1, -0.05) is 78.0 Å². The third-order valence-corrected chi connectivity index (χ3v) is 7.10. The number of thiocarbonyl (C=S) groups is 1. The number of nitrogens with zero attached hydrogens (tertiary/aromatic N) is 1. The van der Waals surface area contributed by atoms with Crippen LogP contribution >= 0.6 is 35.6 Å². The van der Waals surface area contributed by atoms with Crippen molar-refractivity contribution in [1.29, 1.82) is 0 Å². The number of ether oxygens (including phenoxy) is 2. The van der Waals surface area contributed by atoms with Gasteiger partial charge in [-0.2, -0.15) is 0 Å². The van der Waals surface area contributed by atoms with Gasteiger partial charge in [-0.15, -0.1) is 0 Å². The Morgan fingerprint density at radius 3 is 2.51 bits per heavy atom. The van der Waals surface area contributed by atoms with E-state index in [2.05, 4.69) is 12.1 Å². The summed E-state index contributed by atoms with van der Waals surface area (Å²) in [6.07, 6.45) is 3.44. The van der Waals surface area contributed by atoms with Crippen LogP contribution in [0.4, 0.5) is 0 Å². The molecule has 1 aliphatic heterocycles. The first-order chi connectivity index (χ1) is 17.9. The van der Waals surface area contributed by atoms with Crippen molar-refractivity contribution in [2.45, 2.75) is 19.4 Å². The minimum atomic E-state index is -1.13. The number of amides is 1. The minimum Gasteiger partial charge on any atom is -0.493 e. The summed E-state index contributed by atoms with van der Waals surface area (Å²) < 4.78 is 12.3. The lowest BCUT2D eigenvalue weighted by Crippen LogP contribution is -2.33. The van der Waals surface area contributed by atoms with Gasteiger partial charge in [0.25, 0.3) is 5.91 Å². The number of benzene rings is 3. The number of carboxylic acids is 1. The topological polar surface area (TPSA) is 76.1 Å². The smallest absolute Gasteiger partial charge is 0.323 e. The summed E-state index contributed by atoms with van der Waals surface area (Å²) in [4.78, 5) is 25.3. The van der Waals surface area contributed by atoms with Crippen molar-refractivity contribution in [2.24, 2.45) is 0 Å². The van der Waals surface area contributed by atoms with Gasteiger partial charge in [0.1, 0.15) is 29.0 Å². The molecule has 0 spiro atoms. The van der Waals surface area contributed by atoms with Gasteiger partial charge in [-0.3, -0.25) is 14.5 Å². The molecule has 37 heavy (non-hydrogen) atoms. The summed E-state index contributed by atoms with van der Waals surface area (Å²) in [6, 6.07) is 23.0. The van der Waals surface area contributed by atoms with Crippen LogP contribution < -0.4 is 9.47 Å². The molecule has 1 amide bonds. The van der Waals surface area contributed by atoms with Crippen molar-refractivity contribution in [1.82, 2.24) is 4.90 Å². The van der Waals surface area contributed by atoms with Crippen LogP contribution in [-0.4, -0.2) is 39.4 Å². The summed E-state index contributed by atoms with van der Waals surface area (Å²) in [5.74, 6) is -0.394. The number of halogens is 1. The van der Waals surface area contributed by atoms with Crippen LogP contribution in [0.5, 0.6) is 11.5 Å². The monoisotopic (exact) mass is 553 g/mol. The second-order valence-electron chi connectivity index (χ2n) is 8.21. The largest absolute Gasteiger partial charge is 0.493 e. The van der Waals surface area contributed by atoms with E-state index in [9.17, 15) is 9.59 Å². The Balaban J connectivity index is 1.50. The molecule has 0 aliphatic carbocycles. The van der Waals surface area contributed by atoms with Gasteiger partial charge in [0.2, 0.25) is 0 Å². The third kappa shape index (κ3) is 7.58. The number of rotatable bonds is 11. The first-order valence-electron chi connectivity index (χ1n) is 11.5. The fourth-order valence-electron chi connectivity index (χ4n) is 3.61. The van der Waals surface area contributed by atoms with E-state index in [1.54, 1.807) is 24.3 Å². The van der Waals surface area contributed by atoms with Crippen LogP contribution in [0, 0.1) is 0 Å². The molecule has 190 valence electrons. The number of carbonyl (C=O) groups excluding carboxylic acids is 1. The number of carbonyl (C=O) groups is 2. The second kappa shape index (κ2) is 12.8. The van der Waals surface area contributed by atoms with Crippen molar-refractivity contribution in [3.8, 4) is 11.5 Å². The van der Waals surface area contributed by atoms with E-state index in [0.29, 0.717) is 33.6 Å². The Hall–Kier alpha value is -3.33. The van der Waals surface area contributed by atoms with E-state index in [0.717, 1.165) is 35.1 Å². The average molecular weight is 554 g/mol. The third-order valence-electron chi connectivity index (χ3n) is 5.47. The molecule has 1 N–H and O–H groups in total. The van der Waals surface area contributed by atoms with Gasteiger partial charge in [0.15, 0.2) is 0 Å². The first-order valence-corrected chi connectivity index (χ1v) is 13.1. The molecule has 6 nitrogen and oxygen atoms in total. The molecule has 0 aromatic heterocycles. The number of aliphatic carboxylic acids is 1. The fraction of sp³-hybridized carbons (Fsp3) is 0.179. The predicted molar refractivity (Wildman–Crippen MR) is 150 cm³/mol. The normalized spacial score (nSPS) is 14.3. The number of carboxylic acid groups (broad SMARTS) is 1. The number of hydrogen-bond donors (Lipinski definition) is 1. The van der Waals surface area contributed by atoms with Crippen LogP contribution in [0.1, 0.15) is 23.1 Å². The quantitative estimate of drug-likeness (QED) is 0.172. The van der Waals surface area contributed by atoms with Crippen molar-refractivity contribution in [2.75, 3.05) is 13.2 Å². The Labute approximate surface area is 229 Å². The SMILES string of the molecule is O=C(O)CN1C(=O)C(=Cc2ccc(OCCCc3ccccc3)cc2OCc2ccc(Cl)cc2)SC1=S. The zero-order valence-corrected chi connectivity index (χ0v) is 22.2. The minimum absolute atomic E-state index is 0.209. The standard InChI is InChI=1S/C28H24ClNO5S2/c29-22-11-8-20(9-12-22)18-35-24-16-23(34-14-4-7-19-5-2-1-3-6-19)13-10-21(24)15-25-27(33)30(17-26(31)32)28(36)37-25/h1-3,5-6,8-13,15-16H,4,7,14,17-18H2,(H,31,32). The van der Waals surface area contributed by atoms with Crippen LogP contribution in [0.2, 0.25) is 5.02 Å². The van der Waals surface area contributed by atoms with E-state index in [1.807, 2.05) is 42.5 Å². The molecule has 0 radical (unpaired) electrons. The van der Waals surface area contributed by atoms with E-state index in [-0.39, 0.29) is 10.9 Å². The molecule has 0 unspecified atom stereocenters. The zero-order chi connectivity index (χ0) is 26.2. The maximum atomic E-state index is 12.7.